The van der Waals surface area contributed by atoms with E-state index in [0.717, 1.165) is 17.0 Å². The summed E-state index contributed by atoms with van der Waals surface area (Å²) in [5, 5.41) is 17.2. The maximum atomic E-state index is 5.15. The third-order valence-corrected chi connectivity index (χ3v) is 3.47. The highest BCUT2D eigenvalue weighted by atomic mass is 32.1. The molecule has 7 nitrogen and oxygen atoms in total. The summed E-state index contributed by atoms with van der Waals surface area (Å²) < 4.78 is 6.86. The third kappa shape index (κ3) is 2.49. The Morgan fingerprint density at radius 2 is 2.00 bits per heavy atom. The van der Waals surface area contributed by atoms with Crippen LogP contribution >= 0.6 is 12.6 Å². The van der Waals surface area contributed by atoms with Crippen molar-refractivity contribution in [2.45, 2.75) is 18.5 Å². The zero-order valence-corrected chi connectivity index (χ0v) is 12.5. The molecule has 0 aliphatic rings. The van der Waals surface area contributed by atoms with Gasteiger partial charge >= 0.3 is 0 Å². The Labute approximate surface area is 126 Å². The molecule has 0 bridgehead atoms. The smallest absolute Gasteiger partial charge is 0.209 e. The quantitative estimate of drug-likeness (QED) is 0.745. The zero-order valence-electron chi connectivity index (χ0n) is 11.6. The molecule has 0 amide bonds. The van der Waals surface area contributed by atoms with Crippen molar-refractivity contribution in [1.82, 2.24) is 30.0 Å². The van der Waals surface area contributed by atoms with Crippen LogP contribution in [-0.4, -0.2) is 37.1 Å². The van der Waals surface area contributed by atoms with E-state index in [0.29, 0.717) is 17.4 Å². The molecule has 2 aromatic heterocycles. The van der Waals surface area contributed by atoms with Gasteiger partial charge in [0, 0.05) is 0 Å². The Hall–Kier alpha value is -2.35. The van der Waals surface area contributed by atoms with Crippen molar-refractivity contribution in [3.05, 3.63) is 30.5 Å². The molecule has 0 fully saturated rings. The highest BCUT2D eigenvalue weighted by Gasteiger charge is 2.15. The number of aryl methyl sites for hydroxylation is 1. The number of nitrogens with zero attached hydrogens (tertiary/aromatic N) is 6. The first kappa shape index (κ1) is 13.6. The number of benzene rings is 1. The van der Waals surface area contributed by atoms with Gasteiger partial charge in [-0.2, -0.15) is 9.90 Å². The SMILES string of the molecule is CCn1nnc(-c2cnn(-c3ccc(OC)cc3)c2S)n1. The van der Waals surface area contributed by atoms with Gasteiger partial charge in [-0.15, -0.1) is 22.8 Å². The average Bonchev–Trinajstić information content (AvgIpc) is 3.13. The highest BCUT2D eigenvalue weighted by Crippen LogP contribution is 2.26. The van der Waals surface area contributed by atoms with Crippen LogP contribution in [0.4, 0.5) is 0 Å². The average molecular weight is 302 g/mol. The molecule has 1 aromatic carbocycles. The first-order valence-corrected chi connectivity index (χ1v) is 6.87. The second-order valence-electron chi connectivity index (χ2n) is 4.29. The number of hydrogen-bond acceptors (Lipinski definition) is 6. The number of ether oxygens (including phenoxy) is 1. The van der Waals surface area contributed by atoms with Crippen molar-refractivity contribution in [1.29, 1.82) is 0 Å². The predicted octanol–water partition coefficient (Wildman–Crippen LogP) is 1.84. The molecule has 0 spiro atoms. The molecule has 3 rings (SSSR count). The Kier molecular flexibility index (Phi) is 3.61. The fraction of sp³-hybridized carbons (Fsp3) is 0.231. The highest BCUT2D eigenvalue weighted by molar-refractivity contribution is 7.80. The lowest BCUT2D eigenvalue weighted by molar-refractivity contribution is 0.414. The largest absolute Gasteiger partial charge is 0.497 e. The molecule has 0 unspecified atom stereocenters. The molecule has 0 atom stereocenters. The molecule has 0 saturated heterocycles. The Morgan fingerprint density at radius 3 is 2.62 bits per heavy atom. The number of tetrazole rings is 1. The number of hydrogen-bond donors (Lipinski definition) is 1. The second kappa shape index (κ2) is 5.57. The van der Waals surface area contributed by atoms with Crippen LogP contribution in [0.2, 0.25) is 0 Å². The van der Waals surface area contributed by atoms with Crippen LogP contribution in [0.25, 0.3) is 17.1 Å². The van der Waals surface area contributed by atoms with Gasteiger partial charge in [-0.3, -0.25) is 0 Å². The zero-order chi connectivity index (χ0) is 14.8. The van der Waals surface area contributed by atoms with Crippen molar-refractivity contribution in [2.75, 3.05) is 7.11 Å². The summed E-state index contributed by atoms with van der Waals surface area (Å²) in [5.41, 5.74) is 1.63. The molecule has 2 heterocycles. The van der Waals surface area contributed by atoms with Crippen LogP contribution in [0.5, 0.6) is 5.75 Å². The topological polar surface area (TPSA) is 70.7 Å². The molecule has 0 N–H and O–H groups in total. The number of thiol groups is 1. The summed E-state index contributed by atoms with van der Waals surface area (Å²) in [6.45, 7) is 2.62. The van der Waals surface area contributed by atoms with Crippen LogP contribution in [0.1, 0.15) is 6.92 Å². The first-order valence-electron chi connectivity index (χ1n) is 6.42. The van der Waals surface area contributed by atoms with Crippen LogP contribution in [0, 0.1) is 0 Å². The van der Waals surface area contributed by atoms with Gasteiger partial charge in [-0.1, -0.05) is 0 Å². The van der Waals surface area contributed by atoms with Gasteiger partial charge in [0.2, 0.25) is 5.82 Å². The van der Waals surface area contributed by atoms with E-state index >= 15 is 0 Å². The van der Waals surface area contributed by atoms with E-state index in [2.05, 4.69) is 33.1 Å². The van der Waals surface area contributed by atoms with Gasteiger partial charge in [0.05, 0.1) is 31.1 Å². The molecule has 108 valence electrons. The minimum atomic E-state index is 0.515. The molecule has 8 heteroatoms. The van der Waals surface area contributed by atoms with Crippen molar-refractivity contribution in [3.63, 3.8) is 0 Å². The van der Waals surface area contributed by atoms with Gasteiger partial charge in [-0.05, 0) is 36.4 Å². The van der Waals surface area contributed by atoms with Crippen LogP contribution in [-0.2, 0) is 6.54 Å². The molecule has 0 aliphatic carbocycles. The molecular weight excluding hydrogens is 288 g/mol. The molecule has 21 heavy (non-hydrogen) atoms. The molecule has 0 radical (unpaired) electrons. The standard InChI is InChI=1S/C13H14N6OS/c1-3-18-16-12(15-17-18)11-8-14-19(13(11)21)9-4-6-10(20-2)7-5-9/h4-8,21H,3H2,1-2H3. The van der Waals surface area contributed by atoms with Crippen molar-refractivity contribution in [3.8, 4) is 22.8 Å². The van der Waals surface area contributed by atoms with Gasteiger partial charge in [-0.25, -0.2) is 4.68 Å². The second-order valence-corrected chi connectivity index (χ2v) is 4.72. The monoisotopic (exact) mass is 302 g/mol. The summed E-state index contributed by atoms with van der Waals surface area (Å²) in [6, 6.07) is 7.56. The summed E-state index contributed by atoms with van der Waals surface area (Å²) in [4.78, 5) is 1.52. The number of aromatic nitrogens is 6. The van der Waals surface area contributed by atoms with E-state index in [1.165, 1.54) is 4.80 Å². The lowest BCUT2D eigenvalue weighted by atomic mass is 10.3. The first-order chi connectivity index (χ1) is 10.2. The van der Waals surface area contributed by atoms with E-state index in [-0.39, 0.29) is 0 Å². The third-order valence-electron chi connectivity index (χ3n) is 3.04. The Morgan fingerprint density at radius 1 is 1.24 bits per heavy atom. The lowest BCUT2D eigenvalue weighted by Gasteiger charge is -2.05. The molecular formula is C13H14N6OS. The minimum absolute atomic E-state index is 0.515. The van der Waals surface area contributed by atoms with E-state index in [4.69, 9.17) is 4.74 Å². The Balaban J connectivity index is 1.97. The van der Waals surface area contributed by atoms with Crippen LogP contribution in [0.3, 0.4) is 0 Å². The lowest BCUT2D eigenvalue weighted by Crippen LogP contribution is -1.98. The molecule has 3 aromatic rings. The maximum absolute atomic E-state index is 5.15. The summed E-state index contributed by atoms with van der Waals surface area (Å²) >= 11 is 4.52. The summed E-state index contributed by atoms with van der Waals surface area (Å²) in [6.07, 6.45) is 1.68. The summed E-state index contributed by atoms with van der Waals surface area (Å²) in [5.74, 6) is 1.31. The van der Waals surface area contributed by atoms with E-state index in [1.54, 1.807) is 18.0 Å². The fourth-order valence-corrected chi connectivity index (χ4v) is 2.22. The molecule has 0 saturated carbocycles. The fourth-order valence-electron chi connectivity index (χ4n) is 1.90. The normalized spacial score (nSPS) is 10.8. The number of methoxy groups -OCH3 is 1. The van der Waals surface area contributed by atoms with Crippen LogP contribution in [0.15, 0.2) is 35.5 Å². The minimum Gasteiger partial charge on any atom is -0.497 e. The predicted molar refractivity (Wildman–Crippen MR) is 79.9 cm³/mol. The van der Waals surface area contributed by atoms with E-state index in [9.17, 15) is 0 Å². The van der Waals surface area contributed by atoms with Gasteiger partial charge in [0.1, 0.15) is 10.8 Å². The van der Waals surface area contributed by atoms with Gasteiger partial charge < -0.3 is 4.74 Å². The van der Waals surface area contributed by atoms with Crippen molar-refractivity contribution < 1.29 is 4.74 Å². The van der Waals surface area contributed by atoms with Crippen LogP contribution < -0.4 is 4.74 Å². The number of rotatable bonds is 4. The van der Waals surface area contributed by atoms with Gasteiger partial charge in [0.25, 0.3) is 0 Å². The van der Waals surface area contributed by atoms with Gasteiger partial charge in [0.15, 0.2) is 0 Å². The van der Waals surface area contributed by atoms with Crippen molar-refractivity contribution in [2.24, 2.45) is 0 Å². The summed E-state index contributed by atoms with van der Waals surface area (Å²) in [7, 11) is 1.63. The van der Waals surface area contributed by atoms with E-state index in [1.807, 2.05) is 31.2 Å². The van der Waals surface area contributed by atoms with Crippen molar-refractivity contribution >= 4 is 12.6 Å². The van der Waals surface area contributed by atoms with E-state index < -0.39 is 0 Å². The molecule has 0 aliphatic heterocycles. The maximum Gasteiger partial charge on any atom is 0.209 e. The Bertz CT molecular complexity index is 748.